The van der Waals surface area contributed by atoms with Gasteiger partial charge in [0.05, 0.1) is 33.2 Å². The molecule has 0 unspecified atom stereocenters. The quantitative estimate of drug-likeness (QED) is 0.560. The summed E-state index contributed by atoms with van der Waals surface area (Å²) in [7, 11) is 0. The summed E-state index contributed by atoms with van der Waals surface area (Å²) in [5.41, 5.74) is 10.5. The van der Waals surface area contributed by atoms with Gasteiger partial charge < -0.3 is 10.7 Å². The van der Waals surface area contributed by atoms with E-state index in [9.17, 15) is 4.39 Å². The molecule has 2 heterocycles. The minimum atomic E-state index is -0.378. The van der Waals surface area contributed by atoms with Crippen LogP contribution in [0.2, 0.25) is 0 Å². The van der Waals surface area contributed by atoms with Gasteiger partial charge in [0.25, 0.3) is 0 Å². The zero-order chi connectivity index (χ0) is 15.3. The van der Waals surface area contributed by atoms with Crippen molar-refractivity contribution in [2.24, 2.45) is 0 Å². The Morgan fingerprint density at radius 2 is 2.00 bits per heavy atom. The van der Waals surface area contributed by atoms with Crippen LogP contribution in [0, 0.1) is 12.7 Å². The van der Waals surface area contributed by atoms with Crippen LogP contribution in [0.15, 0.2) is 42.6 Å². The normalized spacial score (nSPS) is 11.4. The maximum absolute atomic E-state index is 14.0. The van der Waals surface area contributed by atoms with Gasteiger partial charge >= 0.3 is 0 Å². The monoisotopic (exact) mass is 292 g/mol. The smallest absolute Gasteiger partial charge is 0.142 e. The molecule has 0 aliphatic rings. The van der Waals surface area contributed by atoms with E-state index in [4.69, 9.17) is 5.73 Å². The minimum absolute atomic E-state index is 0.330. The Hall–Kier alpha value is -2.95. The third-order valence-electron chi connectivity index (χ3n) is 3.78. The summed E-state index contributed by atoms with van der Waals surface area (Å²) in [6.07, 6.45) is 1.63. The fourth-order valence-electron chi connectivity index (χ4n) is 2.66. The highest BCUT2D eigenvalue weighted by molar-refractivity contribution is 5.98. The molecular formula is C17H13FN4. The van der Waals surface area contributed by atoms with Gasteiger partial charge in [-0.3, -0.25) is 4.98 Å². The molecule has 0 saturated carbocycles. The lowest BCUT2D eigenvalue weighted by molar-refractivity contribution is 0.640. The highest BCUT2D eigenvalue weighted by Gasteiger charge is 2.14. The molecule has 0 amide bonds. The van der Waals surface area contributed by atoms with Gasteiger partial charge in [-0.2, -0.15) is 0 Å². The first-order chi connectivity index (χ1) is 10.6. The van der Waals surface area contributed by atoms with E-state index >= 15 is 0 Å². The van der Waals surface area contributed by atoms with Crippen LogP contribution in [0.3, 0.4) is 0 Å². The lowest BCUT2D eigenvalue weighted by atomic mass is 10.1. The van der Waals surface area contributed by atoms with E-state index < -0.39 is 0 Å². The first-order valence-corrected chi connectivity index (χ1v) is 6.93. The number of benzene rings is 2. The van der Waals surface area contributed by atoms with Crippen LogP contribution < -0.4 is 5.73 Å². The molecule has 0 saturated heterocycles. The van der Waals surface area contributed by atoms with E-state index in [0.717, 1.165) is 16.6 Å². The van der Waals surface area contributed by atoms with Gasteiger partial charge in [0.15, 0.2) is 0 Å². The summed E-state index contributed by atoms with van der Waals surface area (Å²) < 4.78 is 14.0. The van der Waals surface area contributed by atoms with Crippen molar-refractivity contribution >= 4 is 27.6 Å². The third-order valence-corrected chi connectivity index (χ3v) is 3.78. The lowest BCUT2D eigenvalue weighted by Crippen LogP contribution is -1.97. The number of hydrogen-bond acceptors (Lipinski definition) is 3. The molecule has 108 valence electrons. The number of aromatic nitrogens is 3. The lowest BCUT2D eigenvalue weighted by Gasteiger charge is -2.07. The Bertz CT molecular complexity index is 1020. The number of aromatic amines is 1. The van der Waals surface area contributed by atoms with Crippen molar-refractivity contribution < 1.29 is 4.39 Å². The van der Waals surface area contributed by atoms with E-state index in [1.165, 1.54) is 6.07 Å². The second-order valence-corrected chi connectivity index (χ2v) is 5.33. The number of H-pyrrole nitrogens is 1. The summed E-state index contributed by atoms with van der Waals surface area (Å²) in [6.45, 7) is 2.01. The number of nitrogens with zero attached hydrogens (tertiary/aromatic N) is 2. The second kappa shape index (κ2) is 4.53. The molecule has 3 N–H and O–H groups in total. The molecular weight excluding hydrogens is 279 g/mol. The number of nitrogen functional groups attached to an aromatic ring is 1. The molecule has 0 atom stereocenters. The molecule has 0 spiro atoms. The van der Waals surface area contributed by atoms with Crippen LogP contribution >= 0.6 is 0 Å². The molecule has 2 aromatic heterocycles. The molecule has 0 bridgehead atoms. The fraction of sp³-hybridized carbons (Fsp3) is 0.0588. The number of rotatable bonds is 1. The Labute approximate surface area is 125 Å². The van der Waals surface area contributed by atoms with E-state index in [1.54, 1.807) is 18.3 Å². The standard InChI is InChI=1S/C17H13FN4/c1-9-5-6-12-14(7-9)22-17(21-12)10-8-20-13-4-2-3-11(18)15(13)16(10)19/h2-8H,1H3,(H2,19,20)(H,21,22). The number of nitrogens with two attached hydrogens (primary N) is 1. The average molecular weight is 292 g/mol. The van der Waals surface area contributed by atoms with Gasteiger partial charge in [0.1, 0.15) is 11.6 Å². The number of halogens is 1. The summed E-state index contributed by atoms with van der Waals surface area (Å²) in [6, 6.07) is 10.7. The van der Waals surface area contributed by atoms with Crippen molar-refractivity contribution in [3.63, 3.8) is 0 Å². The molecule has 4 rings (SSSR count). The van der Waals surface area contributed by atoms with Crippen molar-refractivity contribution in [2.45, 2.75) is 6.92 Å². The number of hydrogen-bond donors (Lipinski definition) is 2. The molecule has 5 heteroatoms. The Morgan fingerprint density at radius 1 is 1.14 bits per heavy atom. The van der Waals surface area contributed by atoms with Gasteiger partial charge in [-0.25, -0.2) is 9.37 Å². The number of nitrogens with one attached hydrogen (secondary N) is 1. The van der Waals surface area contributed by atoms with Gasteiger partial charge in [0, 0.05) is 6.20 Å². The van der Waals surface area contributed by atoms with Crippen LogP contribution in [0.5, 0.6) is 0 Å². The minimum Gasteiger partial charge on any atom is -0.397 e. The Balaban J connectivity index is 1.99. The molecule has 0 aliphatic heterocycles. The summed E-state index contributed by atoms with van der Waals surface area (Å²) >= 11 is 0. The van der Waals surface area contributed by atoms with Crippen LogP contribution in [-0.4, -0.2) is 15.0 Å². The maximum atomic E-state index is 14.0. The molecule has 4 aromatic rings. The summed E-state index contributed by atoms with van der Waals surface area (Å²) in [5, 5.41) is 0.330. The number of aryl methyl sites for hydroxylation is 1. The molecule has 4 nitrogen and oxygen atoms in total. The Kier molecular flexibility index (Phi) is 2.63. The number of anilines is 1. The molecule has 2 aromatic carbocycles. The summed E-state index contributed by atoms with van der Waals surface area (Å²) in [5.74, 6) is 0.215. The second-order valence-electron chi connectivity index (χ2n) is 5.33. The molecule has 22 heavy (non-hydrogen) atoms. The van der Waals surface area contributed by atoms with Crippen LogP contribution in [0.1, 0.15) is 5.56 Å². The number of fused-ring (bicyclic) bond motifs is 2. The van der Waals surface area contributed by atoms with E-state index in [-0.39, 0.29) is 5.82 Å². The highest BCUT2D eigenvalue weighted by Crippen LogP contribution is 2.32. The average Bonchev–Trinajstić information content (AvgIpc) is 2.90. The van der Waals surface area contributed by atoms with Gasteiger partial charge in [-0.1, -0.05) is 12.1 Å². The van der Waals surface area contributed by atoms with Gasteiger partial charge in [-0.15, -0.1) is 0 Å². The van der Waals surface area contributed by atoms with E-state index in [0.29, 0.717) is 28.0 Å². The van der Waals surface area contributed by atoms with Crippen molar-refractivity contribution in [1.29, 1.82) is 0 Å². The van der Waals surface area contributed by atoms with Crippen LogP contribution in [0.25, 0.3) is 33.3 Å². The van der Waals surface area contributed by atoms with Crippen LogP contribution in [-0.2, 0) is 0 Å². The largest absolute Gasteiger partial charge is 0.397 e. The maximum Gasteiger partial charge on any atom is 0.142 e. The predicted molar refractivity (Wildman–Crippen MR) is 85.9 cm³/mol. The SMILES string of the molecule is Cc1ccc2[nH]c(-c3cnc4cccc(F)c4c3N)nc2c1. The first-order valence-electron chi connectivity index (χ1n) is 6.93. The van der Waals surface area contributed by atoms with Crippen molar-refractivity contribution in [2.75, 3.05) is 5.73 Å². The zero-order valence-electron chi connectivity index (χ0n) is 11.9. The molecule has 0 radical (unpaired) electrons. The highest BCUT2D eigenvalue weighted by atomic mass is 19.1. The molecule has 0 fully saturated rings. The topological polar surface area (TPSA) is 67.6 Å². The number of pyridine rings is 1. The van der Waals surface area contributed by atoms with E-state index in [2.05, 4.69) is 15.0 Å². The predicted octanol–water partition coefficient (Wildman–Crippen LogP) is 3.81. The van der Waals surface area contributed by atoms with Crippen molar-refractivity contribution in [3.05, 3.63) is 54.0 Å². The fourth-order valence-corrected chi connectivity index (χ4v) is 2.66. The zero-order valence-corrected chi connectivity index (χ0v) is 11.9. The number of imidazole rings is 1. The van der Waals surface area contributed by atoms with Gasteiger partial charge in [0.2, 0.25) is 0 Å². The van der Waals surface area contributed by atoms with Gasteiger partial charge in [-0.05, 0) is 36.8 Å². The van der Waals surface area contributed by atoms with Crippen molar-refractivity contribution in [1.82, 2.24) is 15.0 Å². The van der Waals surface area contributed by atoms with Crippen molar-refractivity contribution in [3.8, 4) is 11.4 Å². The molecule has 0 aliphatic carbocycles. The summed E-state index contributed by atoms with van der Waals surface area (Å²) in [4.78, 5) is 12.0. The third kappa shape index (κ3) is 1.83. The Morgan fingerprint density at radius 3 is 2.86 bits per heavy atom. The van der Waals surface area contributed by atoms with E-state index in [1.807, 2.05) is 25.1 Å². The van der Waals surface area contributed by atoms with Crippen LogP contribution in [0.4, 0.5) is 10.1 Å². The first kappa shape index (κ1) is 12.8.